The molecule has 11 heteroatoms. The zero-order chi connectivity index (χ0) is 19.1. The Hall–Kier alpha value is -3.52. The summed E-state index contributed by atoms with van der Waals surface area (Å²) in [6, 6.07) is -3.21. The maximum absolute atomic E-state index is 12.0. The van der Waals surface area contributed by atoms with Crippen LogP contribution in [0.5, 0.6) is 0 Å². The number of nitrogens with one attached hydrogen (secondary N) is 2. The summed E-state index contributed by atoms with van der Waals surface area (Å²) in [5.74, 6) is 1.15. The first-order chi connectivity index (χ1) is 12.4. The van der Waals surface area contributed by atoms with Crippen LogP contribution in [0.3, 0.4) is 0 Å². The molecule has 0 fully saturated rings. The lowest BCUT2D eigenvalue weighted by molar-refractivity contribution is -0.141. The number of aliphatic carboxylic acids is 1. The Balaban J connectivity index is 2.12. The number of nitrogens with zero attached hydrogens (tertiary/aromatic N) is 4. The molecule has 0 spiro atoms. The molecular formula is C15H16N6O5. The summed E-state index contributed by atoms with van der Waals surface area (Å²) in [4.78, 5) is 35.1. The van der Waals surface area contributed by atoms with Gasteiger partial charge in [-0.2, -0.15) is 4.98 Å². The highest BCUT2D eigenvalue weighted by molar-refractivity contribution is 5.83. The monoisotopic (exact) mass is 360 g/mol. The molecule has 2 amide bonds. The summed E-state index contributed by atoms with van der Waals surface area (Å²) in [6.45, 7) is 1.24. The molecular weight excluding hydrogens is 344 g/mol. The van der Waals surface area contributed by atoms with Crippen LogP contribution in [-0.4, -0.2) is 54.5 Å². The fourth-order valence-corrected chi connectivity index (χ4v) is 1.94. The van der Waals surface area contributed by atoms with E-state index in [1.165, 1.54) is 25.5 Å². The zero-order valence-corrected chi connectivity index (χ0v) is 13.7. The molecule has 11 nitrogen and oxygen atoms in total. The van der Waals surface area contributed by atoms with Crippen molar-refractivity contribution in [2.45, 2.75) is 31.5 Å². The van der Waals surface area contributed by atoms with Crippen LogP contribution in [0.25, 0.3) is 11.5 Å². The van der Waals surface area contributed by atoms with Gasteiger partial charge in [-0.3, -0.25) is 4.98 Å². The van der Waals surface area contributed by atoms with Crippen molar-refractivity contribution in [1.29, 1.82) is 0 Å². The summed E-state index contributed by atoms with van der Waals surface area (Å²) < 4.78 is 5.10. The van der Waals surface area contributed by atoms with Crippen LogP contribution >= 0.6 is 0 Å². The Labute approximate surface area is 147 Å². The van der Waals surface area contributed by atoms with E-state index in [1.807, 2.05) is 0 Å². The van der Waals surface area contributed by atoms with Crippen LogP contribution in [0.2, 0.25) is 0 Å². The Morgan fingerprint density at radius 3 is 2.73 bits per heavy atom. The number of carbonyl (C=O) groups excluding carboxylic acids is 1. The highest BCUT2D eigenvalue weighted by atomic mass is 16.5. The summed E-state index contributed by atoms with van der Waals surface area (Å²) in [5, 5.41) is 26.7. The molecule has 0 aromatic carbocycles. The smallest absolute Gasteiger partial charge is 0.328 e. The van der Waals surface area contributed by atoms with Gasteiger partial charge in [0.2, 0.25) is 5.82 Å². The number of amides is 2. The third kappa shape index (κ3) is 4.74. The zero-order valence-electron chi connectivity index (χ0n) is 13.7. The lowest BCUT2D eigenvalue weighted by Crippen LogP contribution is -2.51. The van der Waals surface area contributed by atoms with Crippen LogP contribution < -0.4 is 10.6 Å². The molecule has 3 atom stereocenters. The lowest BCUT2D eigenvalue weighted by Gasteiger charge is -2.19. The second kappa shape index (κ2) is 8.54. The largest absolute Gasteiger partial charge is 0.480 e. The molecule has 2 heterocycles. The number of rotatable bonds is 7. The fourth-order valence-electron chi connectivity index (χ4n) is 1.94. The number of carboxylic acids is 1. The standard InChI is InChI=1S/C15H16N6O5/c1-3-4-9(18-15(25)19-11(8(2)22)14(23)24)13-20-12(21-26-13)10-7-16-5-6-17-10/h1,5-9,11,22H,4H2,2H3,(H,23,24)(H2,18,19,25)/t8-,9+,11-/m1/s1. The van der Waals surface area contributed by atoms with Crippen LogP contribution in [0.1, 0.15) is 25.3 Å². The van der Waals surface area contributed by atoms with Crippen molar-refractivity contribution in [2.75, 3.05) is 0 Å². The molecule has 0 saturated carbocycles. The Morgan fingerprint density at radius 1 is 1.38 bits per heavy atom. The number of hydrogen-bond donors (Lipinski definition) is 4. The number of terminal acetylenes is 1. The second-order valence-corrected chi connectivity index (χ2v) is 5.18. The lowest BCUT2D eigenvalue weighted by atomic mass is 10.2. The number of aliphatic hydroxyl groups excluding tert-OH is 1. The molecule has 0 aliphatic carbocycles. The van der Waals surface area contributed by atoms with E-state index < -0.39 is 30.2 Å². The highest BCUT2D eigenvalue weighted by Gasteiger charge is 2.27. The molecule has 0 bridgehead atoms. The van der Waals surface area contributed by atoms with Crippen molar-refractivity contribution in [3.8, 4) is 23.9 Å². The molecule has 0 aliphatic rings. The summed E-state index contributed by atoms with van der Waals surface area (Å²) in [5.41, 5.74) is 0.367. The molecule has 0 unspecified atom stereocenters. The van der Waals surface area contributed by atoms with Gasteiger partial charge in [0, 0.05) is 18.8 Å². The van der Waals surface area contributed by atoms with Gasteiger partial charge in [-0.25, -0.2) is 14.6 Å². The molecule has 2 rings (SSSR count). The third-order valence-electron chi connectivity index (χ3n) is 3.19. The van der Waals surface area contributed by atoms with Crippen molar-refractivity contribution >= 4 is 12.0 Å². The van der Waals surface area contributed by atoms with Gasteiger partial charge in [0.05, 0.1) is 12.3 Å². The fraction of sp³-hybridized carbons (Fsp3) is 0.333. The molecule has 2 aromatic rings. The van der Waals surface area contributed by atoms with Gasteiger partial charge in [0.25, 0.3) is 5.89 Å². The maximum atomic E-state index is 12.0. The van der Waals surface area contributed by atoms with Crippen molar-refractivity contribution in [1.82, 2.24) is 30.7 Å². The van der Waals surface area contributed by atoms with Gasteiger partial charge in [-0.15, -0.1) is 12.3 Å². The topological polar surface area (TPSA) is 163 Å². The summed E-state index contributed by atoms with van der Waals surface area (Å²) in [7, 11) is 0. The Bertz CT molecular complexity index is 800. The minimum absolute atomic E-state index is 0.0158. The van der Waals surface area contributed by atoms with Crippen LogP contribution in [0, 0.1) is 12.3 Å². The van der Waals surface area contributed by atoms with Gasteiger partial charge in [-0.1, -0.05) is 5.16 Å². The first kappa shape index (κ1) is 18.8. The molecule has 4 N–H and O–H groups in total. The van der Waals surface area contributed by atoms with Gasteiger partial charge >= 0.3 is 12.0 Å². The molecule has 26 heavy (non-hydrogen) atoms. The molecule has 136 valence electrons. The second-order valence-electron chi connectivity index (χ2n) is 5.18. The highest BCUT2D eigenvalue weighted by Crippen LogP contribution is 2.18. The molecule has 0 saturated heterocycles. The third-order valence-corrected chi connectivity index (χ3v) is 3.19. The first-order valence-corrected chi connectivity index (χ1v) is 7.43. The molecule has 0 aliphatic heterocycles. The quantitative estimate of drug-likeness (QED) is 0.486. The predicted molar refractivity (Wildman–Crippen MR) is 86.3 cm³/mol. The van der Waals surface area contributed by atoms with Crippen LogP contribution in [0.4, 0.5) is 4.79 Å². The van der Waals surface area contributed by atoms with Crippen LogP contribution in [0.15, 0.2) is 23.1 Å². The minimum Gasteiger partial charge on any atom is -0.480 e. The van der Waals surface area contributed by atoms with E-state index in [4.69, 9.17) is 16.1 Å². The Morgan fingerprint density at radius 2 is 2.15 bits per heavy atom. The van der Waals surface area contributed by atoms with Gasteiger partial charge in [0.1, 0.15) is 11.7 Å². The SMILES string of the molecule is C#CC[C@H](NC(=O)N[C@@H](C(=O)O)[C@@H](C)O)c1nc(-c2cnccn2)no1. The average Bonchev–Trinajstić information content (AvgIpc) is 3.09. The molecule has 2 aromatic heterocycles. The number of urea groups is 1. The number of carboxylic acid groups (broad SMARTS) is 1. The van der Waals surface area contributed by atoms with Gasteiger partial charge in [-0.05, 0) is 6.92 Å². The number of aliphatic hydroxyl groups is 1. The van der Waals surface area contributed by atoms with Crippen molar-refractivity contribution in [3.63, 3.8) is 0 Å². The average molecular weight is 360 g/mol. The van der Waals surface area contributed by atoms with Gasteiger partial charge in [0.15, 0.2) is 6.04 Å². The van der Waals surface area contributed by atoms with Crippen LogP contribution in [-0.2, 0) is 4.79 Å². The molecule has 0 radical (unpaired) electrons. The maximum Gasteiger partial charge on any atom is 0.328 e. The van der Waals surface area contributed by atoms with E-state index in [2.05, 4.69) is 36.7 Å². The number of hydrogen-bond acceptors (Lipinski definition) is 8. The van der Waals surface area contributed by atoms with Crippen molar-refractivity contribution in [3.05, 3.63) is 24.5 Å². The van der Waals surface area contributed by atoms with E-state index in [0.29, 0.717) is 5.69 Å². The Kier molecular flexibility index (Phi) is 6.18. The summed E-state index contributed by atoms with van der Waals surface area (Å²) in [6.07, 6.45) is 8.39. The van der Waals surface area contributed by atoms with Crippen molar-refractivity contribution in [2.24, 2.45) is 0 Å². The van der Waals surface area contributed by atoms with E-state index in [1.54, 1.807) is 0 Å². The van der Waals surface area contributed by atoms with Crippen molar-refractivity contribution < 1.29 is 24.3 Å². The normalized spacial score (nSPS) is 13.9. The van der Waals surface area contributed by atoms with E-state index in [9.17, 15) is 14.7 Å². The summed E-state index contributed by atoms with van der Waals surface area (Å²) >= 11 is 0. The van der Waals surface area contributed by atoms with E-state index in [0.717, 1.165) is 0 Å². The number of carbonyl (C=O) groups is 2. The predicted octanol–water partition coefficient (Wildman–Crippen LogP) is -0.276. The van der Waals surface area contributed by atoms with Gasteiger partial charge < -0.3 is 25.4 Å². The number of aromatic nitrogens is 4. The first-order valence-electron chi connectivity index (χ1n) is 7.43. The van der Waals surface area contributed by atoms with E-state index >= 15 is 0 Å². The van der Waals surface area contributed by atoms with E-state index in [-0.39, 0.29) is 18.1 Å². The minimum atomic E-state index is -1.49.